The highest BCUT2D eigenvalue weighted by atomic mass is 35.5. The molecule has 0 unspecified atom stereocenters. The van der Waals surface area contributed by atoms with Crippen molar-refractivity contribution in [1.82, 2.24) is 4.98 Å². The zero-order chi connectivity index (χ0) is 9.42. The molecule has 5 heteroatoms. The highest BCUT2D eigenvalue weighted by Gasteiger charge is 2.21. The van der Waals surface area contributed by atoms with Crippen LogP contribution >= 0.6 is 11.6 Å². The molecule has 0 saturated carbocycles. The average Bonchev–Trinajstić information content (AvgIpc) is 2.39. The Labute approximate surface area is 78.4 Å². The molecule has 0 aliphatic heterocycles. The van der Waals surface area contributed by atoms with E-state index in [1.165, 1.54) is 0 Å². The molecule has 0 atom stereocenters. The Balaban J connectivity index is 2.88. The molecule has 0 spiro atoms. The predicted octanol–water partition coefficient (Wildman–Crippen LogP) is 3.01. The number of aromatic nitrogens is 1. The Morgan fingerprint density at radius 3 is 2.92 bits per heavy atom. The maximum absolute atomic E-state index is 9.27. The third kappa shape index (κ3) is 1.10. The van der Waals surface area contributed by atoms with Crippen LogP contribution in [0, 0.1) is 5.39 Å². The number of hydrogen-bond acceptors (Lipinski definition) is 2. The van der Waals surface area contributed by atoms with E-state index in [0.29, 0.717) is 15.9 Å². The second kappa shape index (κ2) is 2.64. The number of diazo groups is 1. The number of nitrogens with one attached hydrogen (secondary N) is 1. The number of aromatic hydroxyl groups is 1. The Hall–Kier alpha value is -1.73. The Morgan fingerprint density at radius 2 is 2.23 bits per heavy atom. The first-order chi connectivity index (χ1) is 6.22. The molecule has 0 amide bonds. The smallest absolute Gasteiger partial charge is 0.453 e. The maximum Gasteiger partial charge on any atom is 0.453 e. The monoisotopic (exact) mass is 194 g/mol. The summed E-state index contributed by atoms with van der Waals surface area (Å²) in [6, 6.07) is 4.97. The van der Waals surface area contributed by atoms with Gasteiger partial charge in [0, 0.05) is 5.02 Å². The lowest BCUT2D eigenvalue weighted by Crippen LogP contribution is -1.66. The van der Waals surface area contributed by atoms with Gasteiger partial charge >= 0.3 is 5.69 Å². The summed E-state index contributed by atoms with van der Waals surface area (Å²) < 4.78 is 0. The van der Waals surface area contributed by atoms with Crippen LogP contribution in [0.4, 0.5) is 5.69 Å². The highest BCUT2D eigenvalue weighted by Crippen LogP contribution is 2.35. The van der Waals surface area contributed by atoms with Crippen molar-refractivity contribution in [3.05, 3.63) is 28.2 Å². The van der Waals surface area contributed by atoms with Gasteiger partial charge in [0.2, 0.25) is 5.39 Å². The van der Waals surface area contributed by atoms with Crippen LogP contribution < -0.4 is 0 Å². The van der Waals surface area contributed by atoms with Gasteiger partial charge in [-0.3, -0.25) is 0 Å². The fourth-order valence-corrected chi connectivity index (χ4v) is 1.41. The van der Waals surface area contributed by atoms with Gasteiger partial charge in [-0.2, -0.15) is 0 Å². The first kappa shape index (κ1) is 7.90. The summed E-state index contributed by atoms with van der Waals surface area (Å²) in [4.78, 5) is 5.60. The number of H-pyrrole nitrogens is 1. The van der Waals surface area contributed by atoms with Gasteiger partial charge in [0.15, 0.2) is 4.98 Å². The molecule has 0 saturated heterocycles. The molecule has 2 rings (SSSR count). The number of hydrogen-bond donors (Lipinski definition) is 2. The first-order valence-electron chi connectivity index (χ1n) is 3.57. The van der Waals surface area contributed by atoms with Gasteiger partial charge in [-0.05, 0) is 18.2 Å². The molecule has 1 heterocycles. The molecular formula is C8H5ClN3O+. The molecule has 13 heavy (non-hydrogen) atoms. The summed E-state index contributed by atoms with van der Waals surface area (Å²) in [5.41, 5.74) is 0.768. The van der Waals surface area contributed by atoms with E-state index in [0.717, 1.165) is 0 Å². The van der Waals surface area contributed by atoms with Crippen molar-refractivity contribution in [3.63, 3.8) is 0 Å². The van der Waals surface area contributed by atoms with Crippen LogP contribution in [0.1, 0.15) is 0 Å². The molecule has 0 aliphatic rings. The third-order valence-electron chi connectivity index (χ3n) is 1.81. The van der Waals surface area contributed by atoms with Crippen molar-refractivity contribution in [2.45, 2.75) is 0 Å². The third-order valence-corrected chi connectivity index (χ3v) is 2.05. The number of fused-ring (bicyclic) bond motifs is 1. The van der Waals surface area contributed by atoms with Gasteiger partial charge in [0.1, 0.15) is 0 Å². The summed E-state index contributed by atoms with van der Waals surface area (Å²) in [5, 5.41) is 19.0. The molecule has 64 valence electrons. The molecule has 4 nitrogen and oxygen atoms in total. The molecule has 1 aromatic heterocycles. The fourth-order valence-electron chi connectivity index (χ4n) is 1.24. The van der Waals surface area contributed by atoms with Crippen molar-refractivity contribution >= 4 is 28.2 Å². The van der Waals surface area contributed by atoms with Crippen LogP contribution in [0.2, 0.25) is 5.02 Å². The zero-order valence-corrected chi connectivity index (χ0v) is 7.21. The summed E-state index contributed by atoms with van der Waals surface area (Å²) in [6.07, 6.45) is 0. The lowest BCUT2D eigenvalue weighted by Gasteiger charge is -1.86. The van der Waals surface area contributed by atoms with Gasteiger partial charge in [-0.15, -0.1) is 0 Å². The minimum absolute atomic E-state index is 0.131. The fraction of sp³-hybridized carbons (Fsp3) is 0. The van der Waals surface area contributed by atoms with E-state index in [9.17, 15) is 5.11 Å². The zero-order valence-electron chi connectivity index (χ0n) is 6.45. The molecule has 0 fully saturated rings. The van der Waals surface area contributed by atoms with Gasteiger partial charge in [-0.25, -0.2) is 0 Å². The normalized spacial score (nSPS) is 10.2. The van der Waals surface area contributed by atoms with Crippen molar-refractivity contribution in [3.8, 4) is 5.88 Å². The van der Waals surface area contributed by atoms with E-state index in [-0.39, 0.29) is 11.6 Å². The van der Waals surface area contributed by atoms with Crippen molar-refractivity contribution in [2.24, 2.45) is 0 Å². The summed E-state index contributed by atoms with van der Waals surface area (Å²) in [5.74, 6) is -0.167. The quantitative estimate of drug-likeness (QED) is 0.633. The standard InChI is InChI=1S/C8H4ClN3O/c9-4-1-2-5-6(3-4)11-8(13)7(5)12-10/h1-3,10H/p+1. The maximum atomic E-state index is 9.27. The van der Waals surface area contributed by atoms with Crippen LogP contribution in [0.3, 0.4) is 0 Å². The largest absolute Gasteiger partial charge is 0.489 e. The molecule has 2 N–H and O–H groups in total. The second-order valence-corrected chi connectivity index (χ2v) is 3.05. The highest BCUT2D eigenvalue weighted by molar-refractivity contribution is 6.31. The van der Waals surface area contributed by atoms with E-state index in [2.05, 4.69) is 9.96 Å². The van der Waals surface area contributed by atoms with Gasteiger partial charge in [0.05, 0.1) is 10.9 Å². The summed E-state index contributed by atoms with van der Waals surface area (Å²) in [6.45, 7) is 0. The van der Waals surface area contributed by atoms with E-state index in [1.54, 1.807) is 18.2 Å². The van der Waals surface area contributed by atoms with Crippen LogP contribution in [0.5, 0.6) is 5.88 Å². The number of rotatable bonds is 0. The molecule has 0 radical (unpaired) electrons. The molecule has 0 bridgehead atoms. The van der Waals surface area contributed by atoms with Crippen molar-refractivity contribution in [1.29, 1.82) is 5.39 Å². The lowest BCUT2D eigenvalue weighted by atomic mass is 10.2. The Morgan fingerprint density at radius 1 is 1.46 bits per heavy atom. The Bertz CT molecular complexity index is 512. The van der Waals surface area contributed by atoms with Crippen LogP contribution in [0.25, 0.3) is 15.9 Å². The van der Waals surface area contributed by atoms with Crippen molar-refractivity contribution < 1.29 is 5.11 Å². The second-order valence-electron chi connectivity index (χ2n) is 2.61. The first-order valence-corrected chi connectivity index (χ1v) is 3.95. The summed E-state index contributed by atoms with van der Waals surface area (Å²) >= 11 is 5.73. The number of benzene rings is 1. The number of aromatic amines is 1. The topological polar surface area (TPSA) is 64.2 Å². The van der Waals surface area contributed by atoms with E-state index < -0.39 is 0 Å². The minimum Gasteiger partial charge on any atom is -0.489 e. The van der Waals surface area contributed by atoms with E-state index >= 15 is 0 Å². The lowest BCUT2D eigenvalue weighted by molar-refractivity contribution is 0.461. The van der Waals surface area contributed by atoms with Gasteiger partial charge < -0.3 is 10.1 Å². The Kier molecular flexibility index (Phi) is 1.61. The SMILES string of the molecule is N#[N+]c1c(O)[nH]c2cc(Cl)ccc12. The predicted molar refractivity (Wildman–Crippen MR) is 49.7 cm³/mol. The number of halogens is 1. The molecule has 1 aromatic carbocycles. The average molecular weight is 195 g/mol. The number of nitrogens with zero attached hydrogens (tertiary/aromatic N) is 2. The van der Waals surface area contributed by atoms with Crippen LogP contribution in [0.15, 0.2) is 18.2 Å². The van der Waals surface area contributed by atoms with Crippen LogP contribution in [-0.4, -0.2) is 10.1 Å². The van der Waals surface area contributed by atoms with E-state index in [1.807, 2.05) is 0 Å². The van der Waals surface area contributed by atoms with Crippen molar-refractivity contribution in [2.75, 3.05) is 0 Å². The van der Waals surface area contributed by atoms with E-state index in [4.69, 9.17) is 17.0 Å². The molecular weight excluding hydrogens is 190 g/mol. The summed E-state index contributed by atoms with van der Waals surface area (Å²) in [7, 11) is 0. The molecule has 0 aliphatic carbocycles. The molecule has 2 aromatic rings. The van der Waals surface area contributed by atoms with Gasteiger partial charge in [-0.1, -0.05) is 11.6 Å². The minimum atomic E-state index is -0.167. The van der Waals surface area contributed by atoms with Crippen LogP contribution in [-0.2, 0) is 0 Å². The van der Waals surface area contributed by atoms with Gasteiger partial charge in [0.25, 0.3) is 5.88 Å².